The normalized spacial score (nSPS) is 15.5. The molecule has 86 valence electrons. The molecular weight excluding hydrogens is 200 g/mol. The summed E-state index contributed by atoms with van der Waals surface area (Å²) in [6.45, 7) is 5.85. The molecule has 16 heavy (non-hydrogen) atoms. The number of nitrogens with one attached hydrogen (secondary N) is 1. The van der Waals surface area contributed by atoms with Crippen LogP contribution in [0, 0.1) is 0 Å². The van der Waals surface area contributed by atoms with Crippen LogP contribution in [0.15, 0.2) is 29.3 Å². The Morgan fingerprint density at radius 3 is 2.31 bits per heavy atom. The molecule has 0 radical (unpaired) electrons. The van der Waals surface area contributed by atoms with Crippen LogP contribution in [0.3, 0.4) is 0 Å². The molecule has 0 aromatic heterocycles. The fourth-order valence-electron chi connectivity index (χ4n) is 1.94. The zero-order valence-electron chi connectivity index (χ0n) is 9.77. The van der Waals surface area contributed by atoms with Crippen molar-refractivity contribution in [3.05, 3.63) is 35.4 Å². The number of fused-ring (bicyclic) bond motifs is 1. The van der Waals surface area contributed by atoms with Gasteiger partial charge >= 0.3 is 0 Å². The molecule has 0 aliphatic carbocycles. The Kier molecular flexibility index (Phi) is 3.10. The Bertz CT molecular complexity index is 373. The van der Waals surface area contributed by atoms with Gasteiger partial charge in [0.25, 0.3) is 0 Å². The van der Waals surface area contributed by atoms with Crippen LogP contribution < -0.4 is 11.3 Å². The van der Waals surface area contributed by atoms with Crippen molar-refractivity contribution in [3.8, 4) is 0 Å². The first-order valence-electron chi connectivity index (χ1n) is 5.57. The molecule has 4 heteroatoms. The number of aliphatic imine (C=N–C) groups is 1. The maximum atomic E-state index is 5.51. The molecular formula is C12H18N4. The van der Waals surface area contributed by atoms with Gasteiger partial charge in [0, 0.05) is 19.1 Å². The van der Waals surface area contributed by atoms with Gasteiger partial charge in [-0.15, -0.1) is 0 Å². The minimum absolute atomic E-state index is 0.245. The summed E-state index contributed by atoms with van der Waals surface area (Å²) in [6.07, 6.45) is 0. The van der Waals surface area contributed by atoms with Gasteiger partial charge in [0.1, 0.15) is 0 Å². The predicted molar refractivity (Wildman–Crippen MR) is 65.6 cm³/mol. The van der Waals surface area contributed by atoms with Gasteiger partial charge in [-0.3, -0.25) is 5.43 Å². The number of nitrogens with two attached hydrogens (primary N) is 1. The fourth-order valence-corrected chi connectivity index (χ4v) is 1.94. The van der Waals surface area contributed by atoms with E-state index in [2.05, 4.69) is 39.6 Å². The SMILES string of the molecule is CC(C)N=C(NN)N1Cc2ccccc2C1. The van der Waals surface area contributed by atoms with Crippen molar-refractivity contribution >= 4 is 5.96 Å². The first-order chi connectivity index (χ1) is 7.70. The molecule has 1 aliphatic rings. The molecule has 1 heterocycles. The van der Waals surface area contributed by atoms with E-state index in [4.69, 9.17) is 5.84 Å². The van der Waals surface area contributed by atoms with E-state index in [1.165, 1.54) is 11.1 Å². The summed E-state index contributed by atoms with van der Waals surface area (Å²) in [6, 6.07) is 8.68. The third kappa shape index (κ3) is 2.17. The third-order valence-corrected chi connectivity index (χ3v) is 2.65. The van der Waals surface area contributed by atoms with Gasteiger partial charge in [0.05, 0.1) is 0 Å². The first-order valence-corrected chi connectivity index (χ1v) is 5.57. The number of benzene rings is 1. The van der Waals surface area contributed by atoms with Crippen molar-refractivity contribution < 1.29 is 0 Å². The van der Waals surface area contributed by atoms with Gasteiger partial charge in [0.2, 0.25) is 5.96 Å². The van der Waals surface area contributed by atoms with Gasteiger partial charge in [-0.2, -0.15) is 0 Å². The summed E-state index contributed by atoms with van der Waals surface area (Å²) in [7, 11) is 0. The van der Waals surface area contributed by atoms with E-state index in [1.54, 1.807) is 0 Å². The van der Waals surface area contributed by atoms with E-state index in [-0.39, 0.29) is 6.04 Å². The Hall–Kier alpha value is -1.55. The summed E-state index contributed by atoms with van der Waals surface area (Å²) in [5.41, 5.74) is 5.40. The zero-order valence-corrected chi connectivity index (χ0v) is 9.77. The van der Waals surface area contributed by atoms with Gasteiger partial charge in [-0.25, -0.2) is 10.8 Å². The minimum Gasteiger partial charge on any atom is -0.333 e. The lowest BCUT2D eigenvalue weighted by atomic mass is 10.1. The molecule has 0 bridgehead atoms. The summed E-state index contributed by atoms with van der Waals surface area (Å²) < 4.78 is 0. The van der Waals surface area contributed by atoms with Gasteiger partial charge in [-0.1, -0.05) is 24.3 Å². The van der Waals surface area contributed by atoms with Gasteiger partial charge in [0.15, 0.2) is 0 Å². The monoisotopic (exact) mass is 218 g/mol. The molecule has 0 atom stereocenters. The second kappa shape index (κ2) is 4.53. The highest BCUT2D eigenvalue weighted by Crippen LogP contribution is 2.21. The average Bonchev–Trinajstić information content (AvgIpc) is 2.68. The standard InChI is InChI=1S/C12H18N4/c1-9(2)14-12(15-13)16-7-10-5-3-4-6-11(10)8-16/h3-6,9H,7-8,13H2,1-2H3,(H,14,15). The van der Waals surface area contributed by atoms with Crippen LogP contribution >= 0.6 is 0 Å². The molecule has 0 fully saturated rings. The van der Waals surface area contributed by atoms with E-state index in [0.717, 1.165) is 19.0 Å². The van der Waals surface area contributed by atoms with E-state index >= 15 is 0 Å². The van der Waals surface area contributed by atoms with Crippen LogP contribution in [0.4, 0.5) is 0 Å². The van der Waals surface area contributed by atoms with Crippen molar-refractivity contribution in [2.45, 2.75) is 33.0 Å². The Morgan fingerprint density at radius 1 is 1.31 bits per heavy atom. The molecule has 2 rings (SSSR count). The highest BCUT2D eigenvalue weighted by atomic mass is 15.4. The lowest BCUT2D eigenvalue weighted by Gasteiger charge is -2.20. The minimum atomic E-state index is 0.245. The van der Waals surface area contributed by atoms with E-state index in [0.29, 0.717) is 0 Å². The fraction of sp³-hybridized carbons (Fsp3) is 0.417. The molecule has 1 aliphatic heterocycles. The van der Waals surface area contributed by atoms with Crippen LogP contribution in [-0.4, -0.2) is 16.9 Å². The third-order valence-electron chi connectivity index (χ3n) is 2.65. The van der Waals surface area contributed by atoms with Crippen LogP contribution in [0.2, 0.25) is 0 Å². The smallest absolute Gasteiger partial charge is 0.209 e. The number of rotatable bonds is 1. The molecule has 1 aromatic carbocycles. The second-order valence-corrected chi connectivity index (χ2v) is 4.32. The molecule has 0 unspecified atom stereocenters. The van der Waals surface area contributed by atoms with Crippen molar-refractivity contribution in [1.82, 2.24) is 10.3 Å². The molecule has 3 N–H and O–H groups in total. The lowest BCUT2D eigenvalue weighted by molar-refractivity contribution is 0.425. The van der Waals surface area contributed by atoms with Crippen molar-refractivity contribution in [2.24, 2.45) is 10.8 Å². The van der Waals surface area contributed by atoms with Crippen molar-refractivity contribution in [3.63, 3.8) is 0 Å². The van der Waals surface area contributed by atoms with Crippen LogP contribution in [0.5, 0.6) is 0 Å². The van der Waals surface area contributed by atoms with Gasteiger partial charge in [-0.05, 0) is 25.0 Å². The maximum Gasteiger partial charge on any atom is 0.209 e. The zero-order chi connectivity index (χ0) is 11.5. The number of nitrogens with zero attached hydrogens (tertiary/aromatic N) is 2. The number of hydrogen-bond acceptors (Lipinski definition) is 2. The second-order valence-electron chi connectivity index (χ2n) is 4.32. The summed E-state index contributed by atoms with van der Waals surface area (Å²) in [5.74, 6) is 6.28. The van der Waals surface area contributed by atoms with E-state index in [1.807, 2.05) is 13.8 Å². The number of guanidine groups is 1. The summed E-state index contributed by atoms with van der Waals surface area (Å²) in [5, 5.41) is 0. The largest absolute Gasteiger partial charge is 0.333 e. The van der Waals surface area contributed by atoms with Crippen LogP contribution in [0.25, 0.3) is 0 Å². The topological polar surface area (TPSA) is 53.6 Å². The van der Waals surface area contributed by atoms with Crippen LogP contribution in [-0.2, 0) is 13.1 Å². The molecule has 4 nitrogen and oxygen atoms in total. The van der Waals surface area contributed by atoms with E-state index in [9.17, 15) is 0 Å². The first kappa shape index (κ1) is 11.0. The Balaban J connectivity index is 2.16. The molecule has 1 aromatic rings. The van der Waals surface area contributed by atoms with Gasteiger partial charge < -0.3 is 4.90 Å². The summed E-state index contributed by atoms with van der Waals surface area (Å²) >= 11 is 0. The highest BCUT2D eigenvalue weighted by molar-refractivity contribution is 5.80. The molecule has 0 spiro atoms. The van der Waals surface area contributed by atoms with Crippen molar-refractivity contribution in [1.29, 1.82) is 0 Å². The molecule has 0 saturated carbocycles. The lowest BCUT2D eigenvalue weighted by Crippen LogP contribution is -2.42. The Labute approximate surface area is 96.1 Å². The highest BCUT2D eigenvalue weighted by Gasteiger charge is 2.20. The Morgan fingerprint density at radius 2 is 1.88 bits per heavy atom. The maximum absolute atomic E-state index is 5.51. The molecule has 0 amide bonds. The number of hydrogen-bond donors (Lipinski definition) is 2. The average molecular weight is 218 g/mol. The molecule has 0 saturated heterocycles. The predicted octanol–water partition coefficient (Wildman–Crippen LogP) is 1.23. The van der Waals surface area contributed by atoms with Crippen molar-refractivity contribution in [2.75, 3.05) is 0 Å². The number of hydrazine groups is 1. The quantitative estimate of drug-likeness (QED) is 0.322. The van der Waals surface area contributed by atoms with E-state index < -0.39 is 0 Å². The van der Waals surface area contributed by atoms with Crippen LogP contribution in [0.1, 0.15) is 25.0 Å². The summed E-state index contributed by atoms with van der Waals surface area (Å²) in [4.78, 5) is 6.62.